The lowest BCUT2D eigenvalue weighted by Crippen LogP contribution is -2.36. The van der Waals surface area contributed by atoms with Gasteiger partial charge >= 0.3 is 0 Å². The maximum absolute atomic E-state index is 11.8. The van der Waals surface area contributed by atoms with Crippen LogP contribution in [0.5, 0.6) is 5.75 Å². The molecule has 0 unspecified atom stereocenters. The highest BCUT2D eigenvalue weighted by molar-refractivity contribution is 5.77. The van der Waals surface area contributed by atoms with E-state index in [0.717, 1.165) is 12.8 Å². The fraction of sp³-hybridized carbons (Fsp3) is 0.533. The third-order valence-corrected chi connectivity index (χ3v) is 3.45. The summed E-state index contributed by atoms with van der Waals surface area (Å²) in [7, 11) is 0. The van der Waals surface area contributed by atoms with Crippen LogP contribution in [-0.4, -0.2) is 23.7 Å². The van der Waals surface area contributed by atoms with Gasteiger partial charge in [0.05, 0.1) is 6.10 Å². The van der Waals surface area contributed by atoms with Gasteiger partial charge in [-0.05, 0) is 25.8 Å². The largest absolute Gasteiger partial charge is 0.483 e. The molecular weight excluding hydrogens is 242 g/mol. The lowest BCUT2D eigenvalue weighted by Gasteiger charge is -2.15. The standard InChI is InChI=1S/C15H21NO3/c1-11(17)13-8-4-5-9-14(13)19-10-15(18)16-12-6-2-3-7-12/h4-5,8-9,11-12,17H,2-3,6-7,10H2,1H3,(H,16,18)/t11-/m1/s1. The zero-order chi connectivity index (χ0) is 13.7. The molecule has 1 atom stereocenters. The minimum Gasteiger partial charge on any atom is -0.483 e. The van der Waals surface area contributed by atoms with Gasteiger partial charge in [0.25, 0.3) is 5.91 Å². The van der Waals surface area contributed by atoms with Gasteiger partial charge in [-0.25, -0.2) is 0 Å². The van der Waals surface area contributed by atoms with Crippen LogP contribution < -0.4 is 10.1 Å². The Balaban J connectivity index is 1.86. The van der Waals surface area contributed by atoms with E-state index < -0.39 is 6.10 Å². The normalized spacial score (nSPS) is 17.2. The molecule has 0 bridgehead atoms. The average molecular weight is 263 g/mol. The van der Waals surface area contributed by atoms with Crippen LogP contribution >= 0.6 is 0 Å². The number of carbonyl (C=O) groups is 1. The zero-order valence-electron chi connectivity index (χ0n) is 11.3. The topological polar surface area (TPSA) is 58.6 Å². The fourth-order valence-corrected chi connectivity index (χ4v) is 2.44. The summed E-state index contributed by atoms with van der Waals surface area (Å²) in [5.41, 5.74) is 0.705. The molecule has 0 radical (unpaired) electrons. The Morgan fingerprint density at radius 2 is 2.11 bits per heavy atom. The van der Waals surface area contributed by atoms with E-state index in [9.17, 15) is 9.90 Å². The molecule has 1 fully saturated rings. The van der Waals surface area contributed by atoms with Crippen molar-refractivity contribution >= 4 is 5.91 Å². The lowest BCUT2D eigenvalue weighted by molar-refractivity contribution is -0.123. The van der Waals surface area contributed by atoms with Gasteiger partial charge in [0.2, 0.25) is 0 Å². The van der Waals surface area contributed by atoms with Crippen molar-refractivity contribution in [3.05, 3.63) is 29.8 Å². The number of carbonyl (C=O) groups excluding carboxylic acids is 1. The number of hydrogen-bond donors (Lipinski definition) is 2. The van der Waals surface area contributed by atoms with Gasteiger partial charge in [0, 0.05) is 11.6 Å². The second-order valence-electron chi connectivity index (χ2n) is 5.05. The number of amides is 1. The van der Waals surface area contributed by atoms with Gasteiger partial charge < -0.3 is 15.2 Å². The highest BCUT2D eigenvalue weighted by Gasteiger charge is 2.17. The number of rotatable bonds is 5. The van der Waals surface area contributed by atoms with Gasteiger partial charge in [0.1, 0.15) is 5.75 Å². The van der Waals surface area contributed by atoms with Crippen LogP contribution in [0.3, 0.4) is 0 Å². The molecule has 4 heteroatoms. The summed E-state index contributed by atoms with van der Waals surface area (Å²) in [4.78, 5) is 11.8. The molecule has 104 valence electrons. The summed E-state index contributed by atoms with van der Waals surface area (Å²) < 4.78 is 5.50. The van der Waals surface area contributed by atoms with E-state index in [1.165, 1.54) is 12.8 Å². The molecule has 0 saturated heterocycles. The molecule has 1 saturated carbocycles. The second kappa shape index (κ2) is 6.57. The molecule has 0 heterocycles. The smallest absolute Gasteiger partial charge is 0.258 e. The van der Waals surface area contributed by atoms with Crippen molar-refractivity contribution in [2.45, 2.75) is 44.8 Å². The molecule has 0 aliphatic heterocycles. The Bertz CT molecular complexity index is 425. The molecule has 1 aliphatic carbocycles. The molecule has 2 N–H and O–H groups in total. The van der Waals surface area contributed by atoms with Crippen molar-refractivity contribution in [1.29, 1.82) is 0 Å². The molecule has 1 aliphatic rings. The molecule has 0 spiro atoms. The van der Waals surface area contributed by atoms with Crippen LogP contribution in [0.1, 0.15) is 44.3 Å². The summed E-state index contributed by atoms with van der Waals surface area (Å²) in [5.74, 6) is 0.478. The Morgan fingerprint density at radius 3 is 2.79 bits per heavy atom. The SMILES string of the molecule is C[C@@H](O)c1ccccc1OCC(=O)NC1CCCC1. The monoisotopic (exact) mass is 263 g/mol. The van der Waals surface area contributed by atoms with Gasteiger partial charge in [0.15, 0.2) is 6.61 Å². The molecule has 1 aromatic rings. The van der Waals surface area contributed by atoms with Gasteiger partial charge in [-0.1, -0.05) is 31.0 Å². The van der Waals surface area contributed by atoms with Crippen LogP contribution in [0.15, 0.2) is 24.3 Å². The van der Waals surface area contributed by atoms with Crippen LogP contribution in [0.25, 0.3) is 0 Å². The number of nitrogens with one attached hydrogen (secondary N) is 1. The lowest BCUT2D eigenvalue weighted by atomic mass is 10.1. The van der Waals surface area contributed by atoms with E-state index in [1.807, 2.05) is 12.1 Å². The minimum atomic E-state index is -0.603. The highest BCUT2D eigenvalue weighted by atomic mass is 16.5. The van der Waals surface area contributed by atoms with E-state index in [-0.39, 0.29) is 12.5 Å². The zero-order valence-corrected chi connectivity index (χ0v) is 11.3. The van der Waals surface area contributed by atoms with Crippen LogP contribution in [-0.2, 0) is 4.79 Å². The third kappa shape index (κ3) is 3.96. The number of hydrogen-bond acceptors (Lipinski definition) is 3. The van der Waals surface area contributed by atoms with Crippen molar-refractivity contribution in [1.82, 2.24) is 5.32 Å². The summed E-state index contributed by atoms with van der Waals surface area (Å²) in [6, 6.07) is 7.55. The molecule has 0 aromatic heterocycles. The quantitative estimate of drug-likeness (QED) is 0.856. The molecular formula is C15H21NO3. The van der Waals surface area contributed by atoms with Crippen LogP contribution in [0.4, 0.5) is 0 Å². The maximum Gasteiger partial charge on any atom is 0.258 e. The second-order valence-corrected chi connectivity index (χ2v) is 5.05. The van der Waals surface area contributed by atoms with E-state index >= 15 is 0 Å². The minimum absolute atomic E-state index is 0.000231. The van der Waals surface area contributed by atoms with E-state index in [1.54, 1.807) is 19.1 Å². The van der Waals surface area contributed by atoms with E-state index in [2.05, 4.69) is 5.32 Å². The predicted octanol–water partition coefficient (Wildman–Crippen LogP) is 2.18. The molecule has 4 nitrogen and oxygen atoms in total. The Hall–Kier alpha value is -1.55. The molecule has 1 amide bonds. The first-order chi connectivity index (χ1) is 9.16. The molecule has 1 aromatic carbocycles. The first-order valence-corrected chi connectivity index (χ1v) is 6.86. The van der Waals surface area contributed by atoms with Crippen molar-refractivity contribution < 1.29 is 14.6 Å². The Labute approximate surface area is 113 Å². The number of aliphatic hydroxyl groups is 1. The van der Waals surface area contributed by atoms with Crippen molar-refractivity contribution in [2.24, 2.45) is 0 Å². The van der Waals surface area contributed by atoms with Crippen molar-refractivity contribution in [2.75, 3.05) is 6.61 Å². The molecule has 2 rings (SSSR count). The van der Waals surface area contributed by atoms with Gasteiger partial charge in [-0.2, -0.15) is 0 Å². The summed E-state index contributed by atoms with van der Waals surface area (Å²) in [6.45, 7) is 1.68. The summed E-state index contributed by atoms with van der Waals surface area (Å²) in [6.07, 6.45) is 3.91. The number of para-hydroxylation sites is 1. The van der Waals surface area contributed by atoms with Gasteiger partial charge in [-0.3, -0.25) is 4.79 Å². The van der Waals surface area contributed by atoms with Gasteiger partial charge in [-0.15, -0.1) is 0 Å². The number of ether oxygens (including phenoxy) is 1. The number of benzene rings is 1. The van der Waals surface area contributed by atoms with E-state index in [4.69, 9.17) is 4.74 Å². The van der Waals surface area contributed by atoms with Crippen molar-refractivity contribution in [3.63, 3.8) is 0 Å². The predicted molar refractivity (Wildman–Crippen MR) is 73.0 cm³/mol. The average Bonchev–Trinajstić information content (AvgIpc) is 2.89. The van der Waals surface area contributed by atoms with Crippen LogP contribution in [0, 0.1) is 0 Å². The van der Waals surface area contributed by atoms with E-state index in [0.29, 0.717) is 17.4 Å². The highest BCUT2D eigenvalue weighted by Crippen LogP contribution is 2.24. The van der Waals surface area contributed by atoms with Crippen LogP contribution in [0.2, 0.25) is 0 Å². The fourth-order valence-electron chi connectivity index (χ4n) is 2.44. The first kappa shape index (κ1) is 13.9. The Morgan fingerprint density at radius 1 is 1.42 bits per heavy atom. The molecule has 19 heavy (non-hydrogen) atoms. The number of aliphatic hydroxyl groups excluding tert-OH is 1. The maximum atomic E-state index is 11.8. The Kier molecular flexibility index (Phi) is 4.80. The summed E-state index contributed by atoms with van der Waals surface area (Å²) in [5, 5.41) is 12.6. The third-order valence-electron chi connectivity index (χ3n) is 3.45. The summed E-state index contributed by atoms with van der Waals surface area (Å²) >= 11 is 0. The van der Waals surface area contributed by atoms with Crippen molar-refractivity contribution in [3.8, 4) is 5.75 Å². The first-order valence-electron chi connectivity index (χ1n) is 6.86.